The summed E-state index contributed by atoms with van der Waals surface area (Å²) in [5, 5.41) is 13.3. The van der Waals surface area contributed by atoms with Crippen molar-refractivity contribution in [3.8, 4) is 0 Å². The Morgan fingerprint density at radius 2 is 2.00 bits per heavy atom. The molecule has 2 heterocycles. The third kappa shape index (κ3) is 3.62. The number of carbonyl (C=O) groups excluding carboxylic acids is 1. The highest BCUT2D eigenvalue weighted by Gasteiger charge is 2.26. The second-order valence-corrected chi connectivity index (χ2v) is 5.71. The third-order valence-corrected chi connectivity index (χ3v) is 3.99. The SMILES string of the molecule is CNc1ccnc(N2CCN(C(=O)c3ccccc3)C[C@H](O)C2)n1. The summed E-state index contributed by atoms with van der Waals surface area (Å²) in [5.41, 5.74) is 0.631. The maximum Gasteiger partial charge on any atom is 0.254 e. The Balaban J connectivity index is 1.74. The lowest BCUT2D eigenvalue weighted by atomic mass is 10.2. The van der Waals surface area contributed by atoms with Crippen molar-refractivity contribution in [3.63, 3.8) is 0 Å². The van der Waals surface area contributed by atoms with Crippen molar-refractivity contribution >= 4 is 17.7 Å². The molecule has 2 aromatic rings. The van der Waals surface area contributed by atoms with Crippen LogP contribution in [-0.4, -0.2) is 65.2 Å². The largest absolute Gasteiger partial charge is 0.389 e. The van der Waals surface area contributed by atoms with E-state index in [2.05, 4.69) is 15.3 Å². The normalized spacial score (nSPS) is 18.2. The second kappa shape index (κ2) is 7.27. The Kier molecular flexibility index (Phi) is 4.90. The number of hydrogen-bond donors (Lipinski definition) is 2. The first-order valence-corrected chi connectivity index (χ1v) is 7.95. The average Bonchev–Trinajstić information content (AvgIpc) is 2.83. The standard InChI is InChI=1S/C17H21N5O2/c1-18-15-7-8-19-17(20-15)22-10-9-21(11-14(23)12-22)16(24)13-5-3-2-4-6-13/h2-8,14,23H,9-12H2,1H3,(H,18,19,20)/t14-/m0/s1. The lowest BCUT2D eigenvalue weighted by molar-refractivity contribution is 0.0674. The number of aliphatic hydroxyl groups excluding tert-OH is 1. The van der Waals surface area contributed by atoms with Crippen LogP contribution >= 0.6 is 0 Å². The van der Waals surface area contributed by atoms with Gasteiger partial charge in [0.25, 0.3) is 5.91 Å². The number of hydrogen-bond acceptors (Lipinski definition) is 6. The Hall–Kier alpha value is -2.67. The van der Waals surface area contributed by atoms with Crippen molar-refractivity contribution in [2.24, 2.45) is 0 Å². The van der Waals surface area contributed by atoms with E-state index in [-0.39, 0.29) is 5.91 Å². The van der Waals surface area contributed by atoms with E-state index >= 15 is 0 Å². The van der Waals surface area contributed by atoms with Crippen LogP contribution in [0.2, 0.25) is 0 Å². The zero-order chi connectivity index (χ0) is 16.9. The van der Waals surface area contributed by atoms with Crippen LogP contribution in [0.15, 0.2) is 42.6 Å². The third-order valence-electron chi connectivity index (χ3n) is 3.99. The molecule has 0 aliphatic carbocycles. The average molecular weight is 327 g/mol. The molecule has 1 saturated heterocycles. The minimum absolute atomic E-state index is 0.0682. The van der Waals surface area contributed by atoms with Gasteiger partial charge in [-0.05, 0) is 18.2 Å². The molecule has 0 radical (unpaired) electrons. The van der Waals surface area contributed by atoms with Crippen molar-refractivity contribution in [3.05, 3.63) is 48.2 Å². The summed E-state index contributed by atoms with van der Waals surface area (Å²) in [6.45, 7) is 1.78. The minimum atomic E-state index is -0.651. The first-order chi connectivity index (χ1) is 11.7. The van der Waals surface area contributed by atoms with Gasteiger partial charge in [0.15, 0.2) is 0 Å². The Morgan fingerprint density at radius 3 is 2.75 bits per heavy atom. The summed E-state index contributed by atoms with van der Waals surface area (Å²) in [7, 11) is 1.80. The van der Waals surface area contributed by atoms with E-state index < -0.39 is 6.10 Å². The molecule has 0 spiro atoms. The highest BCUT2D eigenvalue weighted by atomic mass is 16.3. The molecule has 1 amide bonds. The molecule has 126 valence electrons. The summed E-state index contributed by atoms with van der Waals surface area (Å²) in [5.74, 6) is 1.20. The topological polar surface area (TPSA) is 81.6 Å². The molecule has 0 unspecified atom stereocenters. The summed E-state index contributed by atoms with van der Waals surface area (Å²) in [6, 6.07) is 10.9. The van der Waals surface area contributed by atoms with Crippen LogP contribution in [0, 0.1) is 0 Å². The van der Waals surface area contributed by atoms with Gasteiger partial charge in [-0.25, -0.2) is 4.98 Å². The number of β-amino-alcohol motifs (C(OH)–C–C–N with tert-alkyl or cyclic N) is 1. The number of amides is 1. The van der Waals surface area contributed by atoms with Gasteiger partial charge in [-0.2, -0.15) is 4.98 Å². The minimum Gasteiger partial charge on any atom is -0.389 e. The molecule has 7 nitrogen and oxygen atoms in total. The fourth-order valence-corrected chi connectivity index (χ4v) is 2.76. The monoisotopic (exact) mass is 327 g/mol. The molecule has 2 N–H and O–H groups in total. The van der Waals surface area contributed by atoms with Gasteiger partial charge in [-0.15, -0.1) is 0 Å². The Bertz CT molecular complexity index is 694. The van der Waals surface area contributed by atoms with Crippen molar-refractivity contribution in [2.45, 2.75) is 6.10 Å². The van der Waals surface area contributed by atoms with Crippen LogP contribution in [0.1, 0.15) is 10.4 Å². The van der Waals surface area contributed by atoms with E-state index in [1.807, 2.05) is 23.1 Å². The molecule has 1 aromatic carbocycles. The molecule has 7 heteroatoms. The van der Waals surface area contributed by atoms with Gasteiger partial charge in [0.2, 0.25) is 5.95 Å². The summed E-state index contributed by atoms with van der Waals surface area (Å²) < 4.78 is 0. The molecule has 1 atom stereocenters. The van der Waals surface area contributed by atoms with E-state index in [1.165, 1.54) is 0 Å². The molecule has 1 aliphatic heterocycles. The molecule has 3 rings (SSSR count). The van der Waals surface area contributed by atoms with Gasteiger partial charge >= 0.3 is 0 Å². The molecule has 1 aliphatic rings. The van der Waals surface area contributed by atoms with E-state index in [0.717, 1.165) is 5.82 Å². The Morgan fingerprint density at radius 1 is 1.21 bits per heavy atom. The molecule has 1 fully saturated rings. The second-order valence-electron chi connectivity index (χ2n) is 5.71. The zero-order valence-electron chi connectivity index (χ0n) is 13.6. The predicted octanol–water partition coefficient (Wildman–Crippen LogP) is 0.842. The van der Waals surface area contributed by atoms with Crippen LogP contribution in [0.25, 0.3) is 0 Å². The lowest BCUT2D eigenvalue weighted by Crippen LogP contribution is -2.37. The van der Waals surface area contributed by atoms with Gasteiger partial charge < -0.3 is 20.2 Å². The number of carbonyl (C=O) groups is 1. The highest BCUT2D eigenvalue weighted by molar-refractivity contribution is 5.94. The number of anilines is 2. The van der Waals surface area contributed by atoms with E-state index in [9.17, 15) is 9.90 Å². The van der Waals surface area contributed by atoms with Gasteiger partial charge in [-0.1, -0.05) is 18.2 Å². The van der Waals surface area contributed by atoms with E-state index in [0.29, 0.717) is 37.7 Å². The molecule has 0 saturated carbocycles. The Labute approximate surface area is 141 Å². The summed E-state index contributed by atoms with van der Waals surface area (Å²) >= 11 is 0. The van der Waals surface area contributed by atoms with Crippen LogP contribution < -0.4 is 10.2 Å². The van der Waals surface area contributed by atoms with Crippen molar-refractivity contribution in [2.75, 3.05) is 43.4 Å². The smallest absolute Gasteiger partial charge is 0.254 e. The van der Waals surface area contributed by atoms with Crippen LogP contribution in [-0.2, 0) is 0 Å². The fourth-order valence-electron chi connectivity index (χ4n) is 2.76. The van der Waals surface area contributed by atoms with Crippen LogP contribution in [0.5, 0.6) is 0 Å². The van der Waals surface area contributed by atoms with Crippen molar-refractivity contribution in [1.82, 2.24) is 14.9 Å². The van der Waals surface area contributed by atoms with E-state index in [1.54, 1.807) is 36.3 Å². The van der Waals surface area contributed by atoms with Crippen molar-refractivity contribution < 1.29 is 9.90 Å². The lowest BCUT2D eigenvalue weighted by Gasteiger charge is -2.22. The number of rotatable bonds is 3. The fraction of sp³-hybridized carbons (Fsp3) is 0.353. The number of benzene rings is 1. The van der Waals surface area contributed by atoms with Crippen molar-refractivity contribution in [1.29, 1.82) is 0 Å². The molecular weight excluding hydrogens is 306 g/mol. The van der Waals surface area contributed by atoms with Crippen LogP contribution in [0.3, 0.4) is 0 Å². The quantitative estimate of drug-likeness (QED) is 0.869. The zero-order valence-corrected chi connectivity index (χ0v) is 13.6. The predicted molar refractivity (Wildman–Crippen MR) is 92.1 cm³/mol. The van der Waals surface area contributed by atoms with Crippen LogP contribution in [0.4, 0.5) is 11.8 Å². The maximum absolute atomic E-state index is 12.6. The van der Waals surface area contributed by atoms with Gasteiger partial charge in [-0.3, -0.25) is 4.79 Å². The molecule has 24 heavy (non-hydrogen) atoms. The number of nitrogens with one attached hydrogen (secondary N) is 1. The first-order valence-electron chi connectivity index (χ1n) is 7.95. The van der Waals surface area contributed by atoms with E-state index in [4.69, 9.17) is 0 Å². The first kappa shape index (κ1) is 16.2. The molecule has 0 bridgehead atoms. The van der Waals surface area contributed by atoms with Gasteiger partial charge in [0, 0.05) is 45.0 Å². The summed E-state index contributed by atoms with van der Waals surface area (Å²) in [6.07, 6.45) is 1.03. The number of aliphatic hydroxyl groups is 1. The molecule has 1 aromatic heterocycles. The van der Waals surface area contributed by atoms with Gasteiger partial charge in [0.1, 0.15) is 5.82 Å². The number of aromatic nitrogens is 2. The maximum atomic E-state index is 12.6. The number of nitrogens with zero attached hydrogens (tertiary/aromatic N) is 4. The molecular formula is C17H21N5O2. The highest BCUT2D eigenvalue weighted by Crippen LogP contribution is 2.15. The van der Waals surface area contributed by atoms with Gasteiger partial charge in [0.05, 0.1) is 6.10 Å². The summed E-state index contributed by atoms with van der Waals surface area (Å²) in [4.78, 5) is 24.9.